The Bertz CT molecular complexity index is 307. The van der Waals surface area contributed by atoms with Crippen LogP contribution in [-0.4, -0.2) is 41.5 Å². The molecule has 5 nitrogen and oxygen atoms in total. The minimum absolute atomic E-state index is 0.195. The fraction of sp³-hybridized carbons (Fsp3) is 0.857. The van der Waals surface area contributed by atoms with Crippen molar-refractivity contribution >= 4 is 11.9 Å². The van der Waals surface area contributed by atoms with Crippen LogP contribution >= 0.6 is 0 Å². The summed E-state index contributed by atoms with van der Waals surface area (Å²) in [5.41, 5.74) is 5.55. The van der Waals surface area contributed by atoms with Gasteiger partial charge in [0.05, 0.1) is 0 Å². The van der Waals surface area contributed by atoms with Gasteiger partial charge in [0, 0.05) is 25.9 Å². The summed E-state index contributed by atoms with van der Waals surface area (Å²) < 4.78 is 0. The van der Waals surface area contributed by atoms with E-state index in [0.29, 0.717) is 31.2 Å². The van der Waals surface area contributed by atoms with Gasteiger partial charge in [-0.1, -0.05) is 6.92 Å². The molecule has 0 aliphatic carbocycles. The summed E-state index contributed by atoms with van der Waals surface area (Å²) in [7, 11) is 0. The van der Waals surface area contributed by atoms with Crippen molar-refractivity contribution in [3.63, 3.8) is 0 Å². The van der Waals surface area contributed by atoms with E-state index in [-0.39, 0.29) is 12.3 Å². The van der Waals surface area contributed by atoms with Crippen LogP contribution in [0.2, 0.25) is 0 Å². The standard InChI is InChI=1S/C14H26N2O3/c1-11(9-15)4-6-13(17)16-8-2-3-12(10-16)5-7-14(18)19/h11-12H,2-10,15H2,1H3,(H,18,19). The molecule has 0 saturated carbocycles. The number of amides is 1. The number of rotatable bonds is 7. The van der Waals surface area contributed by atoms with Gasteiger partial charge >= 0.3 is 5.97 Å². The SMILES string of the molecule is CC(CN)CCC(=O)N1CCCC(CCC(=O)O)C1. The minimum Gasteiger partial charge on any atom is -0.481 e. The number of nitrogens with two attached hydrogens (primary N) is 1. The molecule has 19 heavy (non-hydrogen) atoms. The summed E-state index contributed by atoms with van der Waals surface area (Å²) in [5.74, 6) is 0.179. The summed E-state index contributed by atoms with van der Waals surface area (Å²) in [4.78, 5) is 24.5. The largest absolute Gasteiger partial charge is 0.481 e. The van der Waals surface area contributed by atoms with Gasteiger partial charge in [-0.25, -0.2) is 0 Å². The van der Waals surface area contributed by atoms with Crippen molar-refractivity contribution in [2.45, 2.75) is 45.4 Å². The number of hydrogen-bond acceptors (Lipinski definition) is 3. The Morgan fingerprint density at radius 2 is 2.16 bits per heavy atom. The van der Waals surface area contributed by atoms with Gasteiger partial charge in [0.15, 0.2) is 0 Å². The van der Waals surface area contributed by atoms with E-state index in [0.717, 1.165) is 32.4 Å². The summed E-state index contributed by atoms with van der Waals surface area (Å²) >= 11 is 0. The van der Waals surface area contributed by atoms with Crippen LogP contribution in [0.1, 0.15) is 45.4 Å². The molecule has 110 valence electrons. The predicted octanol–water partition coefficient (Wildman–Crippen LogP) is 1.46. The van der Waals surface area contributed by atoms with Crippen LogP contribution in [0.25, 0.3) is 0 Å². The molecule has 1 heterocycles. The smallest absolute Gasteiger partial charge is 0.303 e. The lowest BCUT2D eigenvalue weighted by molar-refractivity contribution is -0.137. The molecule has 1 saturated heterocycles. The third-order valence-electron chi connectivity index (χ3n) is 3.89. The maximum absolute atomic E-state index is 12.1. The van der Waals surface area contributed by atoms with Gasteiger partial charge in [0.2, 0.25) is 5.91 Å². The van der Waals surface area contributed by atoms with Crippen LogP contribution in [-0.2, 0) is 9.59 Å². The molecule has 0 aromatic rings. The molecule has 0 aromatic carbocycles. The van der Waals surface area contributed by atoms with E-state index >= 15 is 0 Å². The lowest BCUT2D eigenvalue weighted by Crippen LogP contribution is -2.40. The van der Waals surface area contributed by atoms with Gasteiger partial charge < -0.3 is 15.7 Å². The summed E-state index contributed by atoms with van der Waals surface area (Å²) in [5, 5.41) is 8.70. The van der Waals surface area contributed by atoms with E-state index in [4.69, 9.17) is 10.8 Å². The zero-order chi connectivity index (χ0) is 14.3. The number of carboxylic acid groups (broad SMARTS) is 1. The predicted molar refractivity (Wildman–Crippen MR) is 73.6 cm³/mol. The van der Waals surface area contributed by atoms with Crippen LogP contribution in [0.15, 0.2) is 0 Å². The van der Waals surface area contributed by atoms with Crippen molar-refractivity contribution in [3.05, 3.63) is 0 Å². The van der Waals surface area contributed by atoms with Crippen molar-refractivity contribution in [1.29, 1.82) is 0 Å². The zero-order valence-electron chi connectivity index (χ0n) is 11.8. The molecule has 1 rings (SSSR count). The van der Waals surface area contributed by atoms with Crippen LogP contribution < -0.4 is 5.73 Å². The van der Waals surface area contributed by atoms with E-state index < -0.39 is 5.97 Å². The molecule has 0 bridgehead atoms. The van der Waals surface area contributed by atoms with E-state index in [1.165, 1.54) is 0 Å². The van der Waals surface area contributed by atoms with E-state index in [1.54, 1.807) is 0 Å². The number of carboxylic acids is 1. The first kappa shape index (κ1) is 16.0. The molecular formula is C14H26N2O3. The maximum Gasteiger partial charge on any atom is 0.303 e. The Balaban J connectivity index is 2.32. The molecule has 5 heteroatoms. The monoisotopic (exact) mass is 270 g/mol. The second kappa shape index (κ2) is 8.15. The average Bonchev–Trinajstić information content (AvgIpc) is 2.42. The highest BCUT2D eigenvalue weighted by atomic mass is 16.4. The molecule has 0 aromatic heterocycles. The van der Waals surface area contributed by atoms with Crippen LogP contribution in [0.4, 0.5) is 0 Å². The van der Waals surface area contributed by atoms with Gasteiger partial charge in [-0.2, -0.15) is 0 Å². The first-order valence-corrected chi connectivity index (χ1v) is 7.22. The number of carbonyl (C=O) groups excluding carboxylic acids is 1. The highest BCUT2D eigenvalue weighted by molar-refractivity contribution is 5.76. The second-order valence-corrected chi connectivity index (χ2v) is 5.66. The normalized spacial score (nSPS) is 21.2. The first-order valence-electron chi connectivity index (χ1n) is 7.22. The average molecular weight is 270 g/mol. The number of aliphatic carboxylic acids is 1. The Kier molecular flexibility index (Phi) is 6.84. The highest BCUT2D eigenvalue weighted by Gasteiger charge is 2.23. The zero-order valence-corrected chi connectivity index (χ0v) is 11.8. The molecule has 2 atom stereocenters. The van der Waals surface area contributed by atoms with Crippen LogP contribution in [0.5, 0.6) is 0 Å². The third kappa shape index (κ3) is 6.05. The number of carbonyl (C=O) groups is 2. The molecule has 0 radical (unpaired) electrons. The van der Waals surface area contributed by atoms with Gasteiger partial charge in [-0.15, -0.1) is 0 Å². The Morgan fingerprint density at radius 1 is 1.42 bits per heavy atom. The van der Waals surface area contributed by atoms with Crippen molar-refractivity contribution in [1.82, 2.24) is 4.90 Å². The lowest BCUT2D eigenvalue weighted by atomic mass is 9.93. The summed E-state index contributed by atoms with van der Waals surface area (Å²) in [6.45, 7) is 4.22. The first-order chi connectivity index (χ1) is 9.02. The van der Waals surface area contributed by atoms with Crippen LogP contribution in [0.3, 0.4) is 0 Å². The fourth-order valence-electron chi connectivity index (χ4n) is 2.50. The molecule has 1 aliphatic rings. The Morgan fingerprint density at radius 3 is 2.79 bits per heavy atom. The Labute approximate surface area is 115 Å². The van der Waals surface area contributed by atoms with E-state index in [2.05, 4.69) is 6.92 Å². The van der Waals surface area contributed by atoms with Crippen LogP contribution in [0, 0.1) is 11.8 Å². The van der Waals surface area contributed by atoms with Crippen molar-refractivity contribution in [3.8, 4) is 0 Å². The minimum atomic E-state index is -0.750. The highest BCUT2D eigenvalue weighted by Crippen LogP contribution is 2.22. The topological polar surface area (TPSA) is 83.6 Å². The van der Waals surface area contributed by atoms with Crippen molar-refractivity contribution in [2.75, 3.05) is 19.6 Å². The molecule has 1 amide bonds. The van der Waals surface area contributed by atoms with Gasteiger partial charge in [0.1, 0.15) is 0 Å². The maximum atomic E-state index is 12.1. The van der Waals surface area contributed by atoms with Crippen molar-refractivity contribution < 1.29 is 14.7 Å². The third-order valence-corrected chi connectivity index (χ3v) is 3.89. The molecule has 1 fully saturated rings. The molecule has 3 N–H and O–H groups in total. The molecule has 1 aliphatic heterocycles. The fourth-order valence-corrected chi connectivity index (χ4v) is 2.50. The van der Waals surface area contributed by atoms with E-state index in [1.807, 2.05) is 4.90 Å². The number of hydrogen-bond donors (Lipinski definition) is 2. The van der Waals surface area contributed by atoms with Gasteiger partial charge in [-0.05, 0) is 44.1 Å². The molecular weight excluding hydrogens is 244 g/mol. The lowest BCUT2D eigenvalue weighted by Gasteiger charge is -2.33. The van der Waals surface area contributed by atoms with Crippen molar-refractivity contribution in [2.24, 2.45) is 17.6 Å². The quantitative estimate of drug-likeness (QED) is 0.733. The van der Waals surface area contributed by atoms with Gasteiger partial charge in [-0.3, -0.25) is 9.59 Å². The molecule has 2 unspecified atom stereocenters. The van der Waals surface area contributed by atoms with E-state index in [9.17, 15) is 9.59 Å². The summed E-state index contributed by atoms with van der Waals surface area (Å²) in [6.07, 6.45) is 4.31. The number of piperidine rings is 1. The Hall–Kier alpha value is -1.10. The number of nitrogens with zero attached hydrogens (tertiary/aromatic N) is 1. The van der Waals surface area contributed by atoms with Gasteiger partial charge in [0.25, 0.3) is 0 Å². The second-order valence-electron chi connectivity index (χ2n) is 5.66. The summed E-state index contributed by atoms with van der Waals surface area (Å²) in [6, 6.07) is 0. The molecule has 0 spiro atoms. The number of likely N-dealkylation sites (tertiary alicyclic amines) is 1.